The molecule has 12 amide bonds. The molecular weight excluding hydrogens is 1280 g/mol. The zero-order valence-corrected chi connectivity index (χ0v) is 56.0. The van der Waals surface area contributed by atoms with Crippen molar-refractivity contribution in [2.75, 3.05) is 39.3 Å². The maximum absolute atomic E-state index is 14.6. The van der Waals surface area contributed by atoms with Gasteiger partial charge in [-0.1, -0.05) is 46.2 Å². The molecule has 34 nitrogen and oxygen atoms in total. The highest BCUT2D eigenvalue weighted by molar-refractivity contribution is 6.01. The number of carbonyl (C=O) groups excluding carboxylic acids is 13. The molecule has 34 heteroatoms. The summed E-state index contributed by atoms with van der Waals surface area (Å²) in [5.74, 6) is -14.0. The van der Waals surface area contributed by atoms with E-state index in [1.807, 2.05) is 0 Å². The van der Waals surface area contributed by atoms with E-state index in [0.29, 0.717) is 70.0 Å². The fourth-order valence-corrected chi connectivity index (χ4v) is 13.1. The molecule has 5 saturated heterocycles. The summed E-state index contributed by atoms with van der Waals surface area (Å²) >= 11 is 0. The molecule has 5 fully saturated rings. The second kappa shape index (κ2) is 37.2. The highest BCUT2D eigenvalue weighted by atomic mass is 16.4. The molecular formula is C64H98N16O18. The zero-order chi connectivity index (χ0) is 72.1. The minimum atomic E-state index is -1.98. The molecule has 0 bridgehead atoms. The fraction of sp³-hybridized carbons (Fsp3) is 0.672. The number of carbonyl (C=O) groups is 15. The van der Waals surface area contributed by atoms with Gasteiger partial charge in [0, 0.05) is 39.0 Å². The number of nitrogens with zero attached hydrogens (tertiary/aromatic N) is 4. The van der Waals surface area contributed by atoms with Crippen LogP contribution in [0, 0.1) is 11.8 Å². The van der Waals surface area contributed by atoms with Gasteiger partial charge in [0.15, 0.2) is 0 Å². The summed E-state index contributed by atoms with van der Waals surface area (Å²) < 4.78 is 0. The van der Waals surface area contributed by atoms with Crippen LogP contribution in [0.4, 0.5) is 0 Å². The molecule has 0 aliphatic carbocycles. The zero-order valence-electron chi connectivity index (χ0n) is 56.0. The van der Waals surface area contributed by atoms with Crippen molar-refractivity contribution >= 4 is 89.1 Å². The number of aromatic hydroxyl groups is 1. The van der Waals surface area contributed by atoms with E-state index in [-0.39, 0.29) is 69.8 Å². The molecule has 13 atom stereocenters. The summed E-state index contributed by atoms with van der Waals surface area (Å²) in [6.07, 6.45) is 0.637. The highest BCUT2D eigenvalue weighted by Crippen LogP contribution is 2.27. The second-order valence-corrected chi connectivity index (χ2v) is 26.2. The van der Waals surface area contributed by atoms with Gasteiger partial charge in [0.1, 0.15) is 78.7 Å². The molecule has 5 aliphatic heterocycles. The standard InChI is InChI=1S/C64H98N16O18/c1-5-35(4)52(59(94)70-37(33-81)12-6-25-69-64(66)67)76-58(93)47-17-10-27-78(47)61(96)40(22-23-49(84)85)71-53(88)41(30-36-18-20-38(82)21-19-36)72-54(89)42(32-50(86)87)73-55(90)44-14-8-28-79(44)62(97)43(31-48(65)83)74-56(91)45-15-11-29-80(45)63(98)51(34(2)3)75-57(92)46-16-9-26-77(46)60(95)39-13-7-24-68-39/h18-21,33-35,37,39-47,51-52,64,68-69,82H,5-17,22-32,66-67H2,1-4H3,(H2,65,83)(H,70,94)(H,71,88)(H,72,89)(H,73,90)(H,74,91)(H,75,92)(H,76,93)(H,84,85)(H,86,87)/t35-,37-,39-,40-,41-,42-,43-,44-,45-,46-,47-,51-,52-/m0/s1. The summed E-state index contributed by atoms with van der Waals surface area (Å²) in [5.41, 5.74) is 17.0. The lowest BCUT2D eigenvalue weighted by Gasteiger charge is -2.33. The Bertz CT molecular complexity index is 3060. The summed E-state index contributed by atoms with van der Waals surface area (Å²) in [4.78, 5) is 210. The number of rotatable bonds is 36. The normalized spacial score (nSPS) is 21.6. The lowest BCUT2D eigenvalue weighted by atomic mass is 9.97. The van der Waals surface area contributed by atoms with E-state index in [1.54, 1.807) is 27.7 Å². The minimum Gasteiger partial charge on any atom is -0.508 e. The molecule has 6 rings (SSSR count). The Labute approximate surface area is 567 Å². The molecule has 542 valence electrons. The Hall–Kier alpha value is -8.89. The number of primary amides is 1. The van der Waals surface area contributed by atoms with Crippen molar-refractivity contribution in [2.45, 2.75) is 222 Å². The van der Waals surface area contributed by atoms with Crippen molar-refractivity contribution in [3.63, 3.8) is 0 Å². The van der Waals surface area contributed by atoms with Gasteiger partial charge >= 0.3 is 11.9 Å². The predicted octanol–water partition coefficient (Wildman–Crippen LogP) is -4.27. The number of carboxylic acid groups (broad SMARTS) is 2. The molecule has 0 radical (unpaired) electrons. The van der Waals surface area contributed by atoms with Crippen molar-refractivity contribution in [3.8, 4) is 5.75 Å². The number of benzene rings is 1. The largest absolute Gasteiger partial charge is 0.508 e. The Morgan fingerprint density at radius 2 is 1.07 bits per heavy atom. The first-order valence-corrected chi connectivity index (χ1v) is 33.8. The van der Waals surface area contributed by atoms with E-state index in [1.165, 1.54) is 34.1 Å². The first-order valence-electron chi connectivity index (χ1n) is 33.8. The van der Waals surface area contributed by atoms with Crippen molar-refractivity contribution in [1.82, 2.24) is 67.5 Å². The molecule has 18 N–H and O–H groups in total. The fourth-order valence-electron chi connectivity index (χ4n) is 13.1. The van der Waals surface area contributed by atoms with Crippen LogP contribution in [0.2, 0.25) is 0 Å². The summed E-state index contributed by atoms with van der Waals surface area (Å²) in [7, 11) is 0. The number of amides is 12. The van der Waals surface area contributed by atoms with E-state index in [9.17, 15) is 87.2 Å². The highest BCUT2D eigenvalue weighted by Gasteiger charge is 2.46. The molecule has 0 aromatic heterocycles. The molecule has 0 spiro atoms. The van der Waals surface area contributed by atoms with Gasteiger partial charge < -0.3 is 99.4 Å². The monoisotopic (exact) mass is 1380 g/mol. The Morgan fingerprint density at radius 1 is 0.571 bits per heavy atom. The van der Waals surface area contributed by atoms with Gasteiger partial charge in [-0.3, -0.25) is 72.4 Å². The van der Waals surface area contributed by atoms with Crippen molar-refractivity contribution in [1.29, 1.82) is 0 Å². The third-order valence-electron chi connectivity index (χ3n) is 18.6. The van der Waals surface area contributed by atoms with Crippen LogP contribution in [0.1, 0.15) is 142 Å². The molecule has 0 saturated carbocycles. The van der Waals surface area contributed by atoms with Crippen LogP contribution >= 0.6 is 0 Å². The first-order chi connectivity index (χ1) is 46.5. The molecule has 5 aliphatic rings. The summed E-state index contributed by atoms with van der Waals surface area (Å²) in [6.45, 7) is 8.22. The lowest BCUT2D eigenvalue weighted by molar-refractivity contribution is -0.146. The van der Waals surface area contributed by atoms with Gasteiger partial charge in [-0.05, 0) is 126 Å². The SMILES string of the molecule is CC[C@H](C)[C@H](NC(=O)[C@@H]1CCCN1C(=O)[C@H](CCC(=O)O)NC(=O)[C@H](Cc1ccc(O)cc1)NC(=O)[C@H](CC(=O)O)NC(=O)[C@@H]1CCCN1C(=O)[C@H](CC(N)=O)NC(=O)[C@@H]1CCCN1C(=O)[C@@H](NC(=O)[C@@H]1CCCN1C(=O)[C@@H]1CCCN1)C(C)C)C(=O)N[C@H](C=O)CCCNC(N)N. The molecule has 1 aromatic carbocycles. The van der Waals surface area contributed by atoms with Gasteiger partial charge in [0.05, 0.1) is 24.9 Å². The average molecular weight is 1380 g/mol. The third-order valence-corrected chi connectivity index (χ3v) is 18.6. The number of nitrogens with one attached hydrogen (secondary N) is 9. The number of nitrogens with two attached hydrogens (primary N) is 3. The first kappa shape index (κ1) is 78.1. The number of hydrogen-bond acceptors (Lipinski definition) is 20. The third kappa shape index (κ3) is 21.8. The second-order valence-electron chi connectivity index (χ2n) is 26.2. The van der Waals surface area contributed by atoms with Crippen molar-refractivity contribution in [3.05, 3.63) is 29.8 Å². The average Bonchev–Trinajstić information content (AvgIpc) is 1.61. The van der Waals surface area contributed by atoms with Crippen LogP contribution in [0.5, 0.6) is 5.75 Å². The summed E-state index contributed by atoms with van der Waals surface area (Å²) in [6, 6.07) is -10.1. The predicted molar refractivity (Wildman–Crippen MR) is 348 cm³/mol. The maximum atomic E-state index is 14.6. The van der Waals surface area contributed by atoms with Crippen LogP contribution in [-0.2, 0) is 78.3 Å². The van der Waals surface area contributed by atoms with E-state index in [0.717, 1.165) is 16.2 Å². The Kier molecular flexibility index (Phi) is 29.6. The van der Waals surface area contributed by atoms with Crippen LogP contribution in [0.15, 0.2) is 24.3 Å². The van der Waals surface area contributed by atoms with E-state index in [4.69, 9.17) is 17.2 Å². The van der Waals surface area contributed by atoms with Crippen LogP contribution < -0.4 is 65.1 Å². The number of aliphatic carboxylic acids is 2. The number of hydrogen-bond donors (Lipinski definition) is 15. The van der Waals surface area contributed by atoms with Crippen molar-refractivity contribution < 1.29 is 87.2 Å². The topological polar surface area (TPSA) is 516 Å². The van der Waals surface area contributed by atoms with Crippen molar-refractivity contribution in [2.24, 2.45) is 29.0 Å². The van der Waals surface area contributed by atoms with Crippen LogP contribution in [0.3, 0.4) is 0 Å². The Morgan fingerprint density at radius 3 is 1.57 bits per heavy atom. The minimum absolute atomic E-state index is 0.0482. The van der Waals surface area contributed by atoms with Gasteiger partial charge in [-0.2, -0.15) is 0 Å². The van der Waals surface area contributed by atoms with E-state index >= 15 is 0 Å². The smallest absolute Gasteiger partial charge is 0.305 e. The van der Waals surface area contributed by atoms with Crippen LogP contribution in [-0.4, -0.2) is 242 Å². The van der Waals surface area contributed by atoms with Gasteiger partial charge in [-0.25, -0.2) is 0 Å². The van der Waals surface area contributed by atoms with E-state index in [2.05, 4.69) is 47.9 Å². The number of carboxylic acids is 2. The summed E-state index contributed by atoms with van der Waals surface area (Å²) in [5, 5.41) is 54.0. The quantitative estimate of drug-likeness (QED) is 0.0172. The Balaban J connectivity index is 1.15. The number of likely N-dealkylation sites (tertiary alicyclic amines) is 4. The number of aldehydes is 1. The molecule has 5 heterocycles. The molecule has 1 aromatic rings. The van der Waals surface area contributed by atoms with Gasteiger partial charge in [0.25, 0.3) is 0 Å². The maximum Gasteiger partial charge on any atom is 0.305 e. The lowest BCUT2D eigenvalue weighted by Crippen LogP contribution is -2.61. The van der Waals surface area contributed by atoms with E-state index < -0.39 is 200 Å². The molecule has 98 heavy (non-hydrogen) atoms. The number of phenols is 1. The number of phenolic OH excluding ortho intramolecular Hbond substituents is 1. The van der Waals surface area contributed by atoms with Gasteiger partial charge in [0.2, 0.25) is 70.9 Å². The van der Waals surface area contributed by atoms with Crippen LogP contribution in [0.25, 0.3) is 0 Å². The van der Waals surface area contributed by atoms with Gasteiger partial charge in [-0.15, -0.1) is 0 Å². The molecule has 0 unspecified atom stereocenters.